The zero-order chi connectivity index (χ0) is 14.9. The van der Waals surface area contributed by atoms with Crippen molar-refractivity contribution in [2.24, 2.45) is 0 Å². The van der Waals surface area contributed by atoms with Gasteiger partial charge >= 0.3 is 6.18 Å². The molecule has 0 aliphatic carbocycles. The second kappa shape index (κ2) is 5.01. The Morgan fingerprint density at radius 2 is 1.81 bits per heavy atom. The minimum Gasteiger partial charge on any atom is -0.211 e. The molecule has 3 rings (SSSR count). The third-order valence-corrected chi connectivity index (χ3v) is 2.74. The van der Waals surface area contributed by atoms with E-state index in [-0.39, 0.29) is 5.95 Å². The van der Waals surface area contributed by atoms with Crippen molar-refractivity contribution in [3.63, 3.8) is 0 Å². The summed E-state index contributed by atoms with van der Waals surface area (Å²) in [5.74, 6) is 0.0341. The highest BCUT2D eigenvalue weighted by molar-refractivity contribution is 5.58. The van der Waals surface area contributed by atoms with E-state index >= 15 is 0 Å². The van der Waals surface area contributed by atoms with Gasteiger partial charge in [0.05, 0.1) is 11.9 Å². The maximum atomic E-state index is 12.5. The normalized spacial score (nSPS) is 11.6. The Morgan fingerprint density at radius 1 is 1.05 bits per heavy atom. The standard InChI is InChI=1S/C14H8F3N4/c15-14(16,17)12-7-9-21(20-12)13-18-8-6-11(19-13)10-4-2-1-3-5-10/h1-7,9H. The van der Waals surface area contributed by atoms with E-state index in [1.165, 1.54) is 6.20 Å². The molecule has 0 atom stereocenters. The fourth-order valence-electron chi connectivity index (χ4n) is 1.76. The van der Waals surface area contributed by atoms with E-state index in [1.54, 1.807) is 6.07 Å². The lowest BCUT2D eigenvalue weighted by Crippen LogP contribution is -2.08. The van der Waals surface area contributed by atoms with E-state index < -0.39 is 11.9 Å². The molecule has 21 heavy (non-hydrogen) atoms. The third-order valence-electron chi connectivity index (χ3n) is 2.74. The predicted molar refractivity (Wildman–Crippen MR) is 68.4 cm³/mol. The number of halogens is 3. The molecule has 0 aliphatic heterocycles. The molecule has 0 saturated carbocycles. The molecule has 2 aromatic heterocycles. The van der Waals surface area contributed by atoms with Crippen molar-refractivity contribution in [2.75, 3.05) is 0 Å². The Bertz CT molecular complexity index is 750. The molecule has 1 radical (unpaired) electrons. The van der Waals surface area contributed by atoms with Crippen molar-refractivity contribution in [2.45, 2.75) is 6.18 Å². The zero-order valence-electron chi connectivity index (χ0n) is 10.5. The zero-order valence-corrected chi connectivity index (χ0v) is 10.5. The van der Waals surface area contributed by atoms with Gasteiger partial charge < -0.3 is 0 Å². The van der Waals surface area contributed by atoms with Crippen molar-refractivity contribution >= 4 is 0 Å². The van der Waals surface area contributed by atoms with Gasteiger partial charge in [0.2, 0.25) is 0 Å². The molecular formula is C14H8F3N4. The lowest BCUT2D eigenvalue weighted by Gasteiger charge is -2.04. The number of alkyl halides is 3. The molecule has 2 heterocycles. The maximum absolute atomic E-state index is 12.5. The number of aromatic nitrogens is 4. The third kappa shape index (κ3) is 2.76. The number of rotatable bonds is 2. The monoisotopic (exact) mass is 289 g/mol. The predicted octanol–water partition coefficient (Wildman–Crippen LogP) is 3.15. The molecule has 0 aliphatic rings. The molecule has 4 nitrogen and oxygen atoms in total. The van der Waals surface area contributed by atoms with Gasteiger partial charge in [-0.3, -0.25) is 0 Å². The molecule has 0 fully saturated rings. The van der Waals surface area contributed by atoms with Crippen LogP contribution in [0, 0.1) is 6.20 Å². The van der Waals surface area contributed by atoms with Crippen LogP contribution in [0.25, 0.3) is 17.2 Å². The number of hydrogen-bond acceptors (Lipinski definition) is 3. The van der Waals surface area contributed by atoms with E-state index in [0.29, 0.717) is 5.69 Å². The smallest absolute Gasteiger partial charge is 0.211 e. The van der Waals surface area contributed by atoms with Crippen LogP contribution in [0.2, 0.25) is 0 Å². The van der Waals surface area contributed by atoms with Crippen LogP contribution in [-0.4, -0.2) is 19.7 Å². The Kier molecular flexibility index (Phi) is 3.17. The summed E-state index contributed by atoms with van der Waals surface area (Å²) >= 11 is 0. The number of nitrogens with zero attached hydrogens (tertiary/aromatic N) is 4. The highest BCUT2D eigenvalue weighted by Gasteiger charge is 2.33. The average Bonchev–Trinajstić information content (AvgIpc) is 2.98. The number of hydrogen-bond donors (Lipinski definition) is 0. The van der Waals surface area contributed by atoms with Gasteiger partial charge in [0.25, 0.3) is 5.95 Å². The first-order chi connectivity index (χ1) is 10.0. The van der Waals surface area contributed by atoms with Gasteiger partial charge in [-0.2, -0.15) is 18.3 Å². The van der Waals surface area contributed by atoms with Gasteiger partial charge in [-0.1, -0.05) is 30.3 Å². The lowest BCUT2D eigenvalue weighted by atomic mass is 10.1. The van der Waals surface area contributed by atoms with E-state index in [4.69, 9.17) is 0 Å². The first kappa shape index (κ1) is 13.3. The van der Waals surface area contributed by atoms with E-state index in [1.807, 2.05) is 30.3 Å². The molecule has 0 N–H and O–H groups in total. The summed E-state index contributed by atoms with van der Waals surface area (Å²) in [6.45, 7) is 0. The molecule has 7 heteroatoms. The second-order valence-electron chi connectivity index (χ2n) is 4.19. The summed E-state index contributed by atoms with van der Waals surface area (Å²) in [6.07, 6.45) is -0.707. The highest BCUT2D eigenvalue weighted by Crippen LogP contribution is 2.27. The van der Waals surface area contributed by atoms with Crippen molar-refractivity contribution in [3.05, 3.63) is 60.6 Å². The molecule has 105 valence electrons. The van der Waals surface area contributed by atoms with Crippen LogP contribution in [0.3, 0.4) is 0 Å². The van der Waals surface area contributed by atoms with Crippen LogP contribution in [0.4, 0.5) is 13.2 Å². The van der Waals surface area contributed by atoms with Crippen LogP contribution in [0.1, 0.15) is 5.69 Å². The van der Waals surface area contributed by atoms with Crippen LogP contribution >= 0.6 is 0 Å². The fraction of sp³-hybridized carbons (Fsp3) is 0.0714. The SMILES string of the molecule is FC(F)(F)c1ccn(-c2n[c]cc(-c3ccccc3)n2)n1. The van der Waals surface area contributed by atoms with Gasteiger partial charge in [0, 0.05) is 11.8 Å². The molecule has 1 aromatic carbocycles. The molecule has 0 spiro atoms. The second-order valence-corrected chi connectivity index (χ2v) is 4.19. The molecule has 3 aromatic rings. The molecule has 0 bridgehead atoms. The van der Waals surface area contributed by atoms with Crippen molar-refractivity contribution in [1.82, 2.24) is 19.7 Å². The Labute approximate surface area is 117 Å². The summed E-state index contributed by atoms with van der Waals surface area (Å²) in [5, 5.41) is 3.43. The van der Waals surface area contributed by atoms with Crippen LogP contribution in [0.5, 0.6) is 0 Å². The Balaban J connectivity index is 1.99. The van der Waals surface area contributed by atoms with Gasteiger partial charge in [-0.25, -0.2) is 14.6 Å². The lowest BCUT2D eigenvalue weighted by molar-refractivity contribution is -0.141. The highest BCUT2D eigenvalue weighted by atomic mass is 19.4. The first-order valence-electron chi connectivity index (χ1n) is 5.98. The van der Waals surface area contributed by atoms with E-state index in [0.717, 1.165) is 16.3 Å². The summed E-state index contributed by atoms with van der Waals surface area (Å²) in [5.41, 5.74) is 0.390. The largest absolute Gasteiger partial charge is 0.435 e. The van der Waals surface area contributed by atoms with Crippen molar-refractivity contribution < 1.29 is 13.2 Å². The minimum absolute atomic E-state index is 0.0341. The molecule has 0 amide bonds. The number of benzene rings is 1. The van der Waals surface area contributed by atoms with Crippen LogP contribution in [0.15, 0.2) is 48.7 Å². The molecule has 0 unspecified atom stereocenters. The van der Waals surface area contributed by atoms with E-state index in [2.05, 4.69) is 21.3 Å². The molecular weight excluding hydrogens is 281 g/mol. The maximum Gasteiger partial charge on any atom is 0.435 e. The van der Waals surface area contributed by atoms with Gasteiger partial charge in [-0.15, -0.1) is 0 Å². The van der Waals surface area contributed by atoms with Crippen LogP contribution < -0.4 is 0 Å². The topological polar surface area (TPSA) is 43.6 Å². The summed E-state index contributed by atoms with van der Waals surface area (Å²) in [4.78, 5) is 8.03. The first-order valence-corrected chi connectivity index (χ1v) is 5.98. The van der Waals surface area contributed by atoms with Gasteiger partial charge in [-0.05, 0) is 12.1 Å². The summed E-state index contributed by atoms with van der Waals surface area (Å²) < 4.78 is 38.6. The van der Waals surface area contributed by atoms with Gasteiger partial charge in [0.15, 0.2) is 5.69 Å². The Morgan fingerprint density at radius 3 is 2.48 bits per heavy atom. The van der Waals surface area contributed by atoms with Crippen molar-refractivity contribution in [1.29, 1.82) is 0 Å². The van der Waals surface area contributed by atoms with Gasteiger partial charge in [0.1, 0.15) is 0 Å². The Hall–Kier alpha value is -2.70. The van der Waals surface area contributed by atoms with E-state index in [9.17, 15) is 13.2 Å². The quantitative estimate of drug-likeness (QED) is 0.728. The van der Waals surface area contributed by atoms with Crippen LogP contribution in [-0.2, 0) is 6.18 Å². The molecule has 0 saturated heterocycles. The minimum atomic E-state index is -4.49. The average molecular weight is 289 g/mol. The fourth-order valence-corrected chi connectivity index (χ4v) is 1.76. The summed E-state index contributed by atoms with van der Waals surface area (Å²) in [6, 6.07) is 11.7. The van der Waals surface area contributed by atoms with Crippen molar-refractivity contribution in [3.8, 4) is 17.2 Å². The summed E-state index contributed by atoms with van der Waals surface area (Å²) in [7, 11) is 0.